The quantitative estimate of drug-likeness (QED) is 0.642. The topological polar surface area (TPSA) is 78.4 Å². The maximum atomic E-state index is 11.5. The predicted molar refractivity (Wildman–Crippen MR) is 72.9 cm³/mol. The molecular weight excluding hydrogens is 252 g/mol. The lowest BCUT2D eigenvalue weighted by Gasteiger charge is -2.26. The van der Waals surface area contributed by atoms with E-state index in [4.69, 9.17) is 5.11 Å². The summed E-state index contributed by atoms with van der Waals surface area (Å²) in [5.74, 6) is -1.01. The van der Waals surface area contributed by atoms with Crippen molar-refractivity contribution in [2.24, 2.45) is 0 Å². The van der Waals surface area contributed by atoms with Crippen LogP contribution in [0.25, 0.3) is 0 Å². The number of nitrogens with one attached hydrogen (secondary N) is 2. The van der Waals surface area contributed by atoms with E-state index in [-0.39, 0.29) is 17.3 Å². The van der Waals surface area contributed by atoms with E-state index in [1.807, 2.05) is 11.8 Å². The monoisotopic (exact) mass is 272 g/mol. The van der Waals surface area contributed by atoms with E-state index in [1.54, 1.807) is 0 Å². The van der Waals surface area contributed by atoms with Crippen LogP contribution in [0.1, 0.15) is 25.7 Å². The van der Waals surface area contributed by atoms with Gasteiger partial charge in [-0.25, -0.2) is 9.59 Å². The molecule has 0 aromatic rings. The van der Waals surface area contributed by atoms with E-state index < -0.39 is 5.97 Å². The van der Waals surface area contributed by atoms with E-state index in [0.717, 1.165) is 18.9 Å². The van der Waals surface area contributed by atoms with Crippen LogP contribution in [0.15, 0.2) is 12.2 Å². The van der Waals surface area contributed by atoms with Gasteiger partial charge in [0.15, 0.2) is 0 Å². The summed E-state index contributed by atoms with van der Waals surface area (Å²) >= 11 is 1.82. The van der Waals surface area contributed by atoms with Crippen molar-refractivity contribution in [3.8, 4) is 0 Å². The maximum Gasteiger partial charge on any atom is 0.328 e. The zero-order valence-electron chi connectivity index (χ0n) is 10.6. The number of hydrogen-bond acceptors (Lipinski definition) is 3. The molecule has 0 unspecified atom stereocenters. The number of hydrogen-bond donors (Lipinski definition) is 3. The van der Waals surface area contributed by atoms with Crippen molar-refractivity contribution in [1.29, 1.82) is 0 Å². The molecule has 1 aliphatic rings. The third-order valence-electron chi connectivity index (χ3n) is 3.16. The third-order valence-corrected chi connectivity index (χ3v) is 4.58. The van der Waals surface area contributed by atoms with Gasteiger partial charge < -0.3 is 15.7 Å². The van der Waals surface area contributed by atoms with Gasteiger partial charge in [-0.15, -0.1) is 0 Å². The number of amides is 2. The van der Waals surface area contributed by atoms with Gasteiger partial charge in [0.2, 0.25) is 0 Å². The molecule has 0 aliphatic heterocycles. The van der Waals surface area contributed by atoms with Crippen LogP contribution in [-0.4, -0.2) is 41.2 Å². The highest BCUT2D eigenvalue weighted by Gasteiger charge is 2.33. The minimum absolute atomic E-state index is 0.189. The predicted octanol–water partition coefficient (Wildman–Crippen LogP) is 1.60. The average Bonchev–Trinajstić information content (AvgIpc) is 2.81. The molecular formula is C12H20N2O3S. The van der Waals surface area contributed by atoms with E-state index >= 15 is 0 Å². The second kappa shape index (κ2) is 7.31. The molecule has 0 aromatic carbocycles. The lowest BCUT2D eigenvalue weighted by Crippen LogP contribution is -2.43. The zero-order chi connectivity index (χ0) is 13.4. The van der Waals surface area contributed by atoms with Gasteiger partial charge in [-0.3, -0.25) is 0 Å². The molecule has 0 bridgehead atoms. The Bertz CT molecular complexity index is 325. The molecule has 102 valence electrons. The first-order valence-electron chi connectivity index (χ1n) is 6.04. The van der Waals surface area contributed by atoms with Crippen LogP contribution >= 0.6 is 11.8 Å². The van der Waals surface area contributed by atoms with E-state index in [2.05, 4.69) is 16.9 Å². The Balaban J connectivity index is 2.22. The van der Waals surface area contributed by atoms with Gasteiger partial charge in [-0.2, -0.15) is 11.8 Å². The van der Waals surface area contributed by atoms with Crippen molar-refractivity contribution in [3.63, 3.8) is 0 Å². The van der Waals surface area contributed by atoms with Crippen molar-refractivity contribution in [2.75, 3.05) is 19.3 Å². The summed E-state index contributed by atoms with van der Waals surface area (Å²) in [6.07, 6.45) is 9.25. The van der Waals surface area contributed by atoms with Crippen molar-refractivity contribution in [3.05, 3.63) is 12.2 Å². The van der Waals surface area contributed by atoms with Crippen LogP contribution in [0.5, 0.6) is 0 Å². The number of carbonyl (C=O) groups excluding carboxylic acids is 1. The van der Waals surface area contributed by atoms with E-state index in [0.29, 0.717) is 6.54 Å². The normalized spacial score (nSPS) is 17.8. The standard InChI is InChI=1S/C12H20N2O3S/c1-18-12(6-2-3-7-12)9-14-11(17)13-8-4-5-10(15)16/h4-5H,2-3,6-9H2,1H3,(H,15,16)(H2,13,14,17)/b5-4+. The van der Waals surface area contributed by atoms with Gasteiger partial charge in [0.1, 0.15) is 0 Å². The number of carbonyl (C=O) groups is 2. The molecule has 0 radical (unpaired) electrons. The summed E-state index contributed by atoms with van der Waals surface area (Å²) in [6, 6.07) is -0.245. The minimum Gasteiger partial charge on any atom is -0.478 e. The molecule has 6 heteroatoms. The first-order chi connectivity index (χ1) is 8.58. The first-order valence-corrected chi connectivity index (χ1v) is 7.27. The second-order valence-corrected chi connectivity index (χ2v) is 5.67. The van der Waals surface area contributed by atoms with Gasteiger partial charge in [0, 0.05) is 23.9 Å². The smallest absolute Gasteiger partial charge is 0.328 e. The maximum absolute atomic E-state index is 11.5. The Morgan fingerprint density at radius 2 is 2.00 bits per heavy atom. The fourth-order valence-corrected chi connectivity index (χ4v) is 3.00. The Labute approximate surface area is 111 Å². The van der Waals surface area contributed by atoms with Crippen LogP contribution < -0.4 is 10.6 Å². The molecule has 1 rings (SSSR count). The summed E-state index contributed by atoms with van der Waals surface area (Å²) < 4.78 is 0.189. The molecule has 1 aliphatic carbocycles. The highest BCUT2D eigenvalue weighted by Crippen LogP contribution is 2.39. The number of carboxylic acid groups (broad SMARTS) is 1. The summed E-state index contributed by atoms with van der Waals surface area (Å²) in [4.78, 5) is 21.7. The fraction of sp³-hybridized carbons (Fsp3) is 0.667. The van der Waals surface area contributed by atoms with Crippen molar-refractivity contribution < 1.29 is 14.7 Å². The van der Waals surface area contributed by atoms with Gasteiger partial charge in [0.05, 0.1) is 0 Å². The highest BCUT2D eigenvalue weighted by atomic mass is 32.2. The first kappa shape index (κ1) is 14.9. The number of thioether (sulfide) groups is 1. The number of carboxylic acids is 1. The summed E-state index contributed by atoms with van der Waals surface area (Å²) in [5, 5.41) is 13.8. The fourth-order valence-electron chi connectivity index (χ4n) is 2.09. The van der Waals surface area contributed by atoms with Crippen molar-refractivity contribution in [1.82, 2.24) is 10.6 Å². The highest BCUT2D eigenvalue weighted by molar-refractivity contribution is 8.00. The second-order valence-electron chi connectivity index (χ2n) is 4.40. The Hall–Kier alpha value is -1.17. The Morgan fingerprint density at radius 3 is 2.56 bits per heavy atom. The molecule has 0 heterocycles. The summed E-state index contributed by atoms with van der Waals surface area (Å²) in [5.41, 5.74) is 0. The molecule has 0 spiro atoms. The van der Waals surface area contributed by atoms with Crippen LogP contribution in [0.4, 0.5) is 4.79 Å². The number of rotatable bonds is 6. The molecule has 2 amide bonds. The molecule has 0 saturated heterocycles. The van der Waals surface area contributed by atoms with E-state index in [9.17, 15) is 9.59 Å². The third kappa shape index (κ3) is 5.00. The SMILES string of the molecule is CSC1(CNC(=O)NC/C=C/C(=O)O)CCCC1. The van der Waals surface area contributed by atoms with Crippen LogP contribution in [-0.2, 0) is 4.79 Å². The molecule has 5 nitrogen and oxygen atoms in total. The largest absolute Gasteiger partial charge is 0.478 e. The summed E-state index contributed by atoms with van der Waals surface area (Å²) in [6.45, 7) is 0.896. The van der Waals surface area contributed by atoms with Crippen molar-refractivity contribution in [2.45, 2.75) is 30.4 Å². The lowest BCUT2D eigenvalue weighted by atomic mass is 10.1. The van der Waals surface area contributed by atoms with Gasteiger partial charge in [-0.05, 0) is 19.1 Å². The average molecular weight is 272 g/mol. The van der Waals surface area contributed by atoms with Gasteiger partial charge in [-0.1, -0.05) is 18.9 Å². The molecule has 18 heavy (non-hydrogen) atoms. The van der Waals surface area contributed by atoms with Crippen LogP contribution in [0.3, 0.4) is 0 Å². The molecule has 1 saturated carbocycles. The van der Waals surface area contributed by atoms with Crippen molar-refractivity contribution >= 4 is 23.8 Å². The Kier molecular flexibility index (Phi) is 6.04. The van der Waals surface area contributed by atoms with E-state index in [1.165, 1.54) is 18.9 Å². The molecule has 0 atom stereocenters. The number of aliphatic carboxylic acids is 1. The van der Waals surface area contributed by atoms with Crippen LogP contribution in [0.2, 0.25) is 0 Å². The zero-order valence-corrected chi connectivity index (χ0v) is 11.4. The minimum atomic E-state index is -1.01. The summed E-state index contributed by atoms with van der Waals surface area (Å²) in [7, 11) is 0. The van der Waals surface area contributed by atoms with Gasteiger partial charge in [0.25, 0.3) is 0 Å². The molecule has 1 fully saturated rings. The number of urea groups is 1. The van der Waals surface area contributed by atoms with Crippen LogP contribution in [0, 0.1) is 0 Å². The molecule has 0 aromatic heterocycles. The Morgan fingerprint density at radius 1 is 1.33 bits per heavy atom. The lowest BCUT2D eigenvalue weighted by molar-refractivity contribution is -0.131. The molecule has 3 N–H and O–H groups in total. The van der Waals surface area contributed by atoms with Gasteiger partial charge >= 0.3 is 12.0 Å².